The minimum Gasteiger partial charge on any atom is -0.320 e. The first-order valence-corrected chi connectivity index (χ1v) is 7.39. The molecule has 0 bridgehead atoms. The number of carbonyl (C=O) groups excluding carboxylic acids is 1. The molecule has 0 spiro atoms. The average molecular weight is 361 g/mol. The van der Waals surface area contributed by atoms with E-state index in [1.54, 1.807) is 12.1 Å². The number of nitro benzene ring substituents is 1. The number of nitro groups is 1. The number of rotatable bonds is 4. The van der Waals surface area contributed by atoms with E-state index in [0.29, 0.717) is 0 Å². The summed E-state index contributed by atoms with van der Waals surface area (Å²) in [5.41, 5.74) is 0.0995. The zero-order chi connectivity index (χ0) is 18.0. The molecule has 1 aromatic heterocycles. The number of anilines is 1. The Morgan fingerprint density at radius 2 is 2.00 bits per heavy atom. The minimum absolute atomic E-state index is 0.0286. The van der Waals surface area contributed by atoms with Gasteiger partial charge >= 0.3 is 0 Å². The van der Waals surface area contributed by atoms with Gasteiger partial charge < -0.3 is 5.32 Å². The maximum atomic E-state index is 13.8. The van der Waals surface area contributed by atoms with E-state index in [2.05, 4.69) is 10.4 Å². The molecule has 1 amide bonds. The lowest BCUT2D eigenvalue weighted by Crippen LogP contribution is -2.13. The van der Waals surface area contributed by atoms with Crippen molar-refractivity contribution in [3.05, 3.63) is 81.4 Å². The molecule has 7 nitrogen and oxygen atoms in total. The Morgan fingerprint density at radius 1 is 1.24 bits per heavy atom. The van der Waals surface area contributed by atoms with Crippen LogP contribution in [0.2, 0.25) is 5.02 Å². The van der Waals surface area contributed by atoms with Crippen molar-refractivity contribution in [1.29, 1.82) is 0 Å². The lowest BCUT2D eigenvalue weighted by Gasteiger charge is -2.04. The number of carbonyl (C=O) groups is 1. The summed E-state index contributed by atoms with van der Waals surface area (Å²) in [6, 6.07) is 11.3. The fourth-order valence-electron chi connectivity index (χ4n) is 2.14. The van der Waals surface area contributed by atoms with E-state index < -0.39 is 16.6 Å². The summed E-state index contributed by atoms with van der Waals surface area (Å²) in [6.45, 7) is 0. The number of para-hydroxylation sites is 1. The van der Waals surface area contributed by atoms with E-state index in [1.807, 2.05) is 0 Å². The van der Waals surface area contributed by atoms with Crippen molar-refractivity contribution in [3.63, 3.8) is 0 Å². The molecule has 0 saturated carbocycles. The van der Waals surface area contributed by atoms with Crippen LogP contribution in [0, 0.1) is 15.9 Å². The molecular weight excluding hydrogens is 351 g/mol. The first-order valence-electron chi connectivity index (χ1n) is 7.01. The van der Waals surface area contributed by atoms with Crippen LogP contribution < -0.4 is 5.32 Å². The smallest absolute Gasteiger partial charge is 0.289 e. The van der Waals surface area contributed by atoms with E-state index >= 15 is 0 Å². The molecular formula is C16H10ClFN4O3. The van der Waals surface area contributed by atoms with Crippen molar-refractivity contribution < 1.29 is 14.1 Å². The van der Waals surface area contributed by atoms with Crippen molar-refractivity contribution in [2.24, 2.45) is 0 Å². The fraction of sp³-hybridized carbons (Fsp3) is 0. The number of aromatic nitrogens is 2. The number of nitrogens with one attached hydrogen (secondary N) is 1. The quantitative estimate of drug-likeness (QED) is 0.565. The summed E-state index contributed by atoms with van der Waals surface area (Å²) >= 11 is 5.73. The van der Waals surface area contributed by atoms with Crippen LogP contribution >= 0.6 is 11.6 Å². The second kappa shape index (κ2) is 6.70. The molecule has 25 heavy (non-hydrogen) atoms. The third-order valence-corrected chi connectivity index (χ3v) is 3.64. The van der Waals surface area contributed by atoms with E-state index in [0.717, 1.165) is 6.07 Å². The van der Waals surface area contributed by atoms with Crippen molar-refractivity contribution in [1.82, 2.24) is 9.78 Å². The first-order chi connectivity index (χ1) is 12.0. The van der Waals surface area contributed by atoms with Gasteiger partial charge in [-0.2, -0.15) is 5.10 Å². The van der Waals surface area contributed by atoms with Gasteiger partial charge in [-0.15, -0.1) is 0 Å². The molecule has 0 aliphatic heterocycles. The number of benzene rings is 2. The largest absolute Gasteiger partial charge is 0.320 e. The number of amides is 1. The van der Waals surface area contributed by atoms with Gasteiger partial charge in [0.05, 0.1) is 4.92 Å². The molecule has 0 fully saturated rings. The highest BCUT2D eigenvalue weighted by Crippen LogP contribution is 2.27. The lowest BCUT2D eigenvalue weighted by molar-refractivity contribution is -0.384. The zero-order valence-electron chi connectivity index (χ0n) is 12.5. The Morgan fingerprint density at radius 3 is 2.72 bits per heavy atom. The van der Waals surface area contributed by atoms with Crippen LogP contribution in [0.5, 0.6) is 0 Å². The molecule has 0 aliphatic carbocycles. The number of halogens is 2. The molecule has 0 atom stereocenters. The standard InChI is InChI=1S/C16H10ClFN4O3/c17-11-6-5-10(9-15(11)22(24)25)19-16(23)13-7-8-21(20-13)14-4-2-1-3-12(14)18/h1-9H,(H,19,23). The third-order valence-electron chi connectivity index (χ3n) is 3.32. The van der Waals surface area contributed by atoms with Gasteiger partial charge in [0, 0.05) is 18.0 Å². The summed E-state index contributed by atoms with van der Waals surface area (Å²) in [7, 11) is 0. The van der Waals surface area contributed by atoms with E-state index in [-0.39, 0.29) is 27.8 Å². The van der Waals surface area contributed by atoms with Gasteiger partial charge in [0.1, 0.15) is 16.5 Å². The minimum atomic E-state index is -0.648. The topological polar surface area (TPSA) is 90.1 Å². The first kappa shape index (κ1) is 16.6. The number of hydrogen-bond donors (Lipinski definition) is 1. The number of nitrogens with zero attached hydrogens (tertiary/aromatic N) is 3. The molecule has 1 N–H and O–H groups in total. The molecule has 3 aromatic rings. The zero-order valence-corrected chi connectivity index (χ0v) is 13.3. The predicted molar refractivity (Wildman–Crippen MR) is 89.6 cm³/mol. The summed E-state index contributed by atoms with van der Waals surface area (Å²) in [6.07, 6.45) is 1.44. The molecule has 0 radical (unpaired) electrons. The highest BCUT2D eigenvalue weighted by atomic mass is 35.5. The molecule has 126 valence electrons. The fourth-order valence-corrected chi connectivity index (χ4v) is 2.33. The Bertz CT molecular complexity index is 974. The molecule has 0 aliphatic rings. The number of hydrogen-bond acceptors (Lipinski definition) is 4. The van der Waals surface area contributed by atoms with Crippen LogP contribution in [0.15, 0.2) is 54.7 Å². The Kier molecular flexibility index (Phi) is 4.44. The van der Waals surface area contributed by atoms with Gasteiger partial charge in [0.15, 0.2) is 5.69 Å². The molecule has 1 heterocycles. The Balaban J connectivity index is 1.82. The van der Waals surface area contributed by atoms with Crippen LogP contribution in [-0.4, -0.2) is 20.6 Å². The maximum absolute atomic E-state index is 13.8. The maximum Gasteiger partial charge on any atom is 0.289 e. The van der Waals surface area contributed by atoms with Gasteiger partial charge in [-0.1, -0.05) is 23.7 Å². The summed E-state index contributed by atoms with van der Waals surface area (Å²) < 4.78 is 15.0. The second-order valence-electron chi connectivity index (χ2n) is 4.97. The molecule has 0 unspecified atom stereocenters. The van der Waals surface area contributed by atoms with Crippen molar-refractivity contribution in [3.8, 4) is 5.69 Å². The summed E-state index contributed by atoms with van der Waals surface area (Å²) in [5, 5.41) is 17.3. The van der Waals surface area contributed by atoms with Crippen molar-refractivity contribution >= 4 is 28.9 Å². The van der Waals surface area contributed by atoms with Gasteiger partial charge in [0.25, 0.3) is 11.6 Å². The van der Waals surface area contributed by atoms with Gasteiger partial charge in [-0.25, -0.2) is 9.07 Å². The third kappa shape index (κ3) is 3.48. The molecule has 3 rings (SSSR count). The van der Waals surface area contributed by atoms with E-state index in [4.69, 9.17) is 11.6 Å². The predicted octanol–water partition coefficient (Wildman–Crippen LogP) is 3.83. The lowest BCUT2D eigenvalue weighted by atomic mass is 10.2. The second-order valence-corrected chi connectivity index (χ2v) is 5.38. The Labute approximate surface area is 145 Å². The average Bonchev–Trinajstić information content (AvgIpc) is 3.06. The Hall–Kier alpha value is -3.26. The van der Waals surface area contributed by atoms with Gasteiger partial charge in [-0.3, -0.25) is 14.9 Å². The van der Waals surface area contributed by atoms with Crippen LogP contribution in [-0.2, 0) is 0 Å². The van der Waals surface area contributed by atoms with Crippen LogP contribution in [0.4, 0.5) is 15.8 Å². The van der Waals surface area contributed by atoms with Crippen molar-refractivity contribution in [2.45, 2.75) is 0 Å². The van der Waals surface area contributed by atoms with Gasteiger partial charge in [-0.05, 0) is 30.3 Å². The van der Waals surface area contributed by atoms with Crippen LogP contribution in [0.3, 0.4) is 0 Å². The van der Waals surface area contributed by atoms with Crippen LogP contribution in [0.25, 0.3) is 5.69 Å². The highest BCUT2D eigenvalue weighted by Gasteiger charge is 2.16. The molecule has 2 aromatic carbocycles. The van der Waals surface area contributed by atoms with Crippen LogP contribution in [0.1, 0.15) is 10.5 Å². The van der Waals surface area contributed by atoms with E-state index in [1.165, 1.54) is 41.2 Å². The highest BCUT2D eigenvalue weighted by molar-refractivity contribution is 6.32. The van der Waals surface area contributed by atoms with Gasteiger partial charge in [0.2, 0.25) is 0 Å². The van der Waals surface area contributed by atoms with Crippen molar-refractivity contribution in [2.75, 3.05) is 5.32 Å². The SMILES string of the molecule is O=C(Nc1ccc(Cl)c([N+](=O)[O-])c1)c1ccn(-c2ccccc2F)n1. The summed E-state index contributed by atoms with van der Waals surface area (Å²) in [4.78, 5) is 22.5. The summed E-state index contributed by atoms with van der Waals surface area (Å²) in [5.74, 6) is -1.07. The molecule has 9 heteroatoms. The normalized spacial score (nSPS) is 10.5. The molecule has 0 saturated heterocycles. The van der Waals surface area contributed by atoms with E-state index in [9.17, 15) is 19.3 Å². The monoisotopic (exact) mass is 360 g/mol.